The van der Waals surface area contributed by atoms with Crippen LogP contribution in [-0.2, 0) is 6.42 Å². The first-order valence-corrected chi connectivity index (χ1v) is 6.51. The fourth-order valence-corrected chi connectivity index (χ4v) is 2.39. The van der Waals surface area contributed by atoms with Crippen LogP contribution >= 0.6 is 0 Å². The summed E-state index contributed by atoms with van der Waals surface area (Å²) in [5.41, 5.74) is 5.42. The Morgan fingerprint density at radius 3 is 2.82 bits per heavy atom. The zero-order valence-electron chi connectivity index (χ0n) is 11.1. The molecule has 2 aromatic rings. The average molecular weight is 230 g/mol. The van der Waals surface area contributed by atoms with Gasteiger partial charge in [-0.3, -0.25) is 0 Å². The van der Waals surface area contributed by atoms with E-state index in [0.717, 1.165) is 19.5 Å². The zero-order valence-corrected chi connectivity index (χ0v) is 11.1. The first-order valence-electron chi connectivity index (χ1n) is 6.51. The Labute approximate surface area is 103 Å². The van der Waals surface area contributed by atoms with Crippen LogP contribution in [0.25, 0.3) is 10.9 Å². The van der Waals surface area contributed by atoms with Crippen molar-refractivity contribution >= 4 is 10.9 Å². The molecule has 0 amide bonds. The van der Waals surface area contributed by atoms with Gasteiger partial charge in [0.25, 0.3) is 0 Å². The van der Waals surface area contributed by atoms with Gasteiger partial charge in [-0.1, -0.05) is 18.6 Å². The Morgan fingerprint density at radius 1 is 1.24 bits per heavy atom. The Hall–Kier alpha value is -1.28. The fourth-order valence-electron chi connectivity index (χ4n) is 2.39. The lowest BCUT2D eigenvalue weighted by molar-refractivity contribution is 0.673. The summed E-state index contributed by atoms with van der Waals surface area (Å²) in [4.78, 5) is 3.47. The molecular weight excluding hydrogens is 208 g/mol. The van der Waals surface area contributed by atoms with Gasteiger partial charge in [0, 0.05) is 16.6 Å². The quantitative estimate of drug-likeness (QED) is 0.758. The van der Waals surface area contributed by atoms with Crippen LogP contribution < -0.4 is 5.32 Å². The molecule has 0 atom stereocenters. The highest BCUT2D eigenvalue weighted by molar-refractivity contribution is 5.85. The Morgan fingerprint density at radius 2 is 2.06 bits per heavy atom. The summed E-state index contributed by atoms with van der Waals surface area (Å²) >= 11 is 0. The van der Waals surface area contributed by atoms with Gasteiger partial charge in [0.1, 0.15) is 0 Å². The molecule has 1 heterocycles. The van der Waals surface area contributed by atoms with Gasteiger partial charge in [0.2, 0.25) is 0 Å². The first-order chi connectivity index (χ1) is 8.22. The molecule has 1 aromatic carbocycles. The molecule has 17 heavy (non-hydrogen) atoms. The van der Waals surface area contributed by atoms with Gasteiger partial charge >= 0.3 is 0 Å². The Bertz CT molecular complexity index is 497. The number of aromatic amines is 1. The summed E-state index contributed by atoms with van der Waals surface area (Å²) in [7, 11) is 0. The van der Waals surface area contributed by atoms with E-state index in [1.807, 2.05) is 0 Å². The summed E-state index contributed by atoms with van der Waals surface area (Å²) in [6.07, 6.45) is 2.36. The lowest BCUT2D eigenvalue weighted by atomic mass is 10.0. The maximum atomic E-state index is 3.47. The topological polar surface area (TPSA) is 27.8 Å². The second-order valence-corrected chi connectivity index (χ2v) is 4.73. The number of H-pyrrole nitrogens is 1. The maximum absolute atomic E-state index is 3.47. The van der Waals surface area contributed by atoms with Crippen LogP contribution in [-0.4, -0.2) is 18.1 Å². The van der Waals surface area contributed by atoms with Gasteiger partial charge in [-0.25, -0.2) is 0 Å². The molecule has 0 unspecified atom stereocenters. The molecule has 0 aliphatic rings. The summed E-state index contributed by atoms with van der Waals surface area (Å²) in [5, 5.41) is 4.78. The van der Waals surface area contributed by atoms with Crippen LogP contribution in [0.3, 0.4) is 0 Å². The van der Waals surface area contributed by atoms with E-state index < -0.39 is 0 Å². The molecule has 2 heteroatoms. The van der Waals surface area contributed by atoms with Gasteiger partial charge in [-0.15, -0.1) is 0 Å². The molecule has 0 bridgehead atoms. The SMILES string of the molecule is CCNCCCc1c(C)[nH]c2ccc(C)cc12. The van der Waals surface area contributed by atoms with Crippen molar-refractivity contribution in [1.82, 2.24) is 10.3 Å². The number of aromatic nitrogens is 1. The number of nitrogens with one attached hydrogen (secondary N) is 2. The second-order valence-electron chi connectivity index (χ2n) is 4.73. The molecule has 0 spiro atoms. The number of aryl methyl sites for hydroxylation is 3. The number of hydrogen-bond acceptors (Lipinski definition) is 1. The zero-order chi connectivity index (χ0) is 12.3. The van der Waals surface area contributed by atoms with Gasteiger partial charge in [-0.2, -0.15) is 0 Å². The summed E-state index contributed by atoms with van der Waals surface area (Å²) in [6, 6.07) is 6.65. The van der Waals surface area contributed by atoms with Crippen LogP contribution in [0.5, 0.6) is 0 Å². The molecule has 0 aliphatic heterocycles. The lowest BCUT2D eigenvalue weighted by Gasteiger charge is -2.03. The third kappa shape index (κ3) is 2.70. The molecule has 92 valence electrons. The molecule has 2 rings (SSSR count). The molecular formula is C15H22N2. The minimum Gasteiger partial charge on any atom is -0.358 e. The molecule has 0 aliphatic carbocycles. The number of benzene rings is 1. The summed E-state index contributed by atoms with van der Waals surface area (Å²) in [5.74, 6) is 0. The highest BCUT2D eigenvalue weighted by Gasteiger charge is 2.07. The van der Waals surface area contributed by atoms with Crippen molar-refractivity contribution < 1.29 is 0 Å². The lowest BCUT2D eigenvalue weighted by Crippen LogP contribution is -2.14. The highest BCUT2D eigenvalue weighted by atomic mass is 14.8. The van der Waals surface area contributed by atoms with Crippen LogP contribution in [0.4, 0.5) is 0 Å². The minimum atomic E-state index is 1.06. The third-order valence-corrected chi connectivity index (χ3v) is 3.31. The number of rotatable bonds is 5. The van der Waals surface area contributed by atoms with Crippen LogP contribution in [0.2, 0.25) is 0 Å². The molecule has 0 saturated carbocycles. The van der Waals surface area contributed by atoms with Crippen molar-refractivity contribution in [2.75, 3.05) is 13.1 Å². The number of fused-ring (bicyclic) bond motifs is 1. The fraction of sp³-hybridized carbons (Fsp3) is 0.467. The van der Waals surface area contributed by atoms with Crippen molar-refractivity contribution in [3.8, 4) is 0 Å². The van der Waals surface area contributed by atoms with E-state index in [9.17, 15) is 0 Å². The molecule has 0 radical (unpaired) electrons. The normalized spacial score (nSPS) is 11.2. The third-order valence-electron chi connectivity index (χ3n) is 3.31. The molecule has 2 nitrogen and oxygen atoms in total. The van der Waals surface area contributed by atoms with E-state index in [2.05, 4.69) is 49.3 Å². The minimum absolute atomic E-state index is 1.06. The molecule has 2 N–H and O–H groups in total. The van der Waals surface area contributed by atoms with Crippen LogP contribution in [0, 0.1) is 13.8 Å². The highest BCUT2D eigenvalue weighted by Crippen LogP contribution is 2.24. The Kier molecular flexibility index (Phi) is 3.85. The van der Waals surface area contributed by atoms with E-state index >= 15 is 0 Å². The van der Waals surface area contributed by atoms with Gasteiger partial charge in [0.15, 0.2) is 0 Å². The summed E-state index contributed by atoms with van der Waals surface area (Å²) < 4.78 is 0. The van der Waals surface area contributed by atoms with E-state index in [0.29, 0.717) is 0 Å². The maximum Gasteiger partial charge on any atom is 0.0459 e. The van der Waals surface area contributed by atoms with Gasteiger partial charge in [0.05, 0.1) is 0 Å². The molecule has 0 fully saturated rings. The molecule has 0 saturated heterocycles. The Balaban J connectivity index is 2.20. The van der Waals surface area contributed by atoms with Crippen molar-refractivity contribution in [2.24, 2.45) is 0 Å². The molecule has 1 aromatic heterocycles. The standard InChI is InChI=1S/C15H22N2/c1-4-16-9-5-6-13-12(3)17-15-8-7-11(2)10-14(13)15/h7-8,10,16-17H,4-6,9H2,1-3H3. The van der Waals surface area contributed by atoms with Gasteiger partial charge < -0.3 is 10.3 Å². The van der Waals surface area contributed by atoms with Crippen molar-refractivity contribution in [1.29, 1.82) is 0 Å². The monoisotopic (exact) mass is 230 g/mol. The van der Waals surface area contributed by atoms with Crippen molar-refractivity contribution in [3.05, 3.63) is 35.0 Å². The number of hydrogen-bond donors (Lipinski definition) is 2. The van der Waals surface area contributed by atoms with Gasteiger partial charge in [-0.05, 0) is 57.5 Å². The van der Waals surface area contributed by atoms with Crippen LogP contribution in [0.1, 0.15) is 30.2 Å². The van der Waals surface area contributed by atoms with Crippen molar-refractivity contribution in [2.45, 2.75) is 33.6 Å². The van der Waals surface area contributed by atoms with E-state index in [1.54, 1.807) is 0 Å². The largest absolute Gasteiger partial charge is 0.358 e. The summed E-state index contributed by atoms with van der Waals surface area (Å²) in [6.45, 7) is 8.66. The van der Waals surface area contributed by atoms with E-state index in [4.69, 9.17) is 0 Å². The predicted molar refractivity (Wildman–Crippen MR) is 74.6 cm³/mol. The predicted octanol–water partition coefficient (Wildman–Crippen LogP) is 3.33. The first kappa shape index (κ1) is 12.2. The average Bonchev–Trinajstić information content (AvgIpc) is 2.61. The van der Waals surface area contributed by atoms with E-state index in [-0.39, 0.29) is 0 Å². The smallest absolute Gasteiger partial charge is 0.0459 e. The van der Waals surface area contributed by atoms with Crippen molar-refractivity contribution in [3.63, 3.8) is 0 Å². The second kappa shape index (κ2) is 5.37. The van der Waals surface area contributed by atoms with Crippen LogP contribution in [0.15, 0.2) is 18.2 Å². The van der Waals surface area contributed by atoms with E-state index in [1.165, 1.54) is 34.1 Å².